The average Bonchev–Trinajstić information content (AvgIpc) is 2.99. The molecule has 0 spiro atoms. The van der Waals surface area contributed by atoms with Crippen molar-refractivity contribution in [3.63, 3.8) is 0 Å². The summed E-state index contributed by atoms with van der Waals surface area (Å²) in [7, 11) is 0. The largest absolute Gasteiger partial charge is 0.366 e. The monoisotopic (exact) mass is 316 g/mol. The normalized spacial score (nSPS) is 18.3. The number of morpholine rings is 1. The lowest BCUT2D eigenvalue weighted by atomic mass is 10.1. The van der Waals surface area contributed by atoms with Crippen molar-refractivity contribution in [1.29, 1.82) is 0 Å². The molecule has 2 heterocycles. The van der Waals surface area contributed by atoms with Gasteiger partial charge in [-0.3, -0.25) is 4.79 Å². The van der Waals surface area contributed by atoms with Crippen LogP contribution in [0.3, 0.4) is 0 Å². The summed E-state index contributed by atoms with van der Waals surface area (Å²) in [5.41, 5.74) is 4.60. The van der Waals surface area contributed by atoms with E-state index in [0.717, 1.165) is 36.2 Å². The van der Waals surface area contributed by atoms with Crippen molar-refractivity contribution in [2.45, 2.75) is 32.8 Å². The van der Waals surface area contributed by atoms with E-state index < -0.39 is 0 Å². The van der Waals surface area contributed by atoms with Gasteiger partial charge in [0.05, 0.1) is 17.6 Å². The molecule has 1 aliphatic rings. The van der Waals surface area contributed by atoms with Crippen LogP contribution in [0, 0.1) is 13.8 Å². The van der Waals surface area contributed by atoms with Crippen LogP contribution in [0.25, 0.3) is 11.0 Å². The van der Waals surface area contributed by atoms with Gasteiger partial charge in [0.2, 0.25) is 5.91 Å². The van der Waals surface area contributed by atoms with Gasteiger partial charge < -0.3 is 20.4 Å². The number of aromatic amines is 1. The molecule has 23 heavy (non-hydrogen) atoms. The van der Waals surface area contributed by atoms with Gasteiger partial charge >= 0.3 is 0 Å². The highest BCUT2D eigenvalue weighted by molar-refractivity contribution is 5.81. The topological polar surface area (TPSA) is 79.0 Å². The Labute approximate surface area is 136 Å². The van der Waals surface area contributed by atoms with Gasteiger partial charge in [-0.1, -0.05) is 6.07 Å². The highest BCUT2D eigenvalue weighted by atomic mass is 16.5. The number of amides is 1. The number of aromatic nitrogens is 2. The Morgan fingerprint density at radius 3 is 3.09 bits per heavy atom. The summed E-state index contributed by atoms with van der Waals surface area (Å²) < 4.78 is 5.43. The van der Waals surface area contributed by atoms with Crippen LogP contribution in [0.2, 0.25) is 0 Å². The number of hydrogen-bond donors (Lipinski definition) is 3. The minimum atomic E-state index is -0.361. The van der Waals surface area contributed by atoms with E-state index in [1.807, 2.05) is 0 Å². The smallest absolute Gasteiger partial charge is 0.250 e. The number of benzene rings is 1. The maximum Gasteiger partial charge on any atom is 0.250 e. The molecule has 0 radical (unpaired) electrons. The van der Waals surface area contributed by atoms with Crippen molar-refractivity contribution in [3.05, 3.63) is 29.1 Å². The lowest BCUT2D eigenvalue weighted by Crippen LogP contribution is -2.48. The first kappa shape index (κ1) is 16.0. The highest BCUT2D eigenvalue weighted by Gasteiger charge is 2.20. The summed E-state index contributed by atoms with van der Waals surface area (Å²) in [6.45, 7) is 6.83. The molecule has 1 aromatic heterocycles. The maximum absolute atomic E-state index is 11.9. The summed E-state index contributed by atoms with van der Waals surface area (Å²) in [6.07, 6.45) is 1.31. The molecule has 1 unspecified atom stereocenters. The number of aryl methyl sites for hydroxylation is 3. The van der Waals surface area contributed by atoms with Gasteiger partial charge in [0, 0.05) is 26.1 Å². The molecule has 6 heteroatoms. The molecule has 2 aromatic rings. The molecule has 1 amide bonds. The Hall–Kier alpha value is -1.92. The van der Waals surface area contributed by atoms with Crippen molar-refractivity contribution in [3.8, 4) is 0 Å². The fourth-order valence-electron chi connectivity index (χ4n) is 2.80. The van der Waals surface area contributed by atoms with Crippen LogP contribution in [0.4, 0.5) is 0 Å². The van der Waals surface area contributed by atoms with Crippen LogP contribution < -0.4 is 10.6 Å². The number of fused-ring (bicyclic) bond motifs is 1. The van der Waals surface area contributed by atoms with E-state index in [1.165, 1.54) is 11.1 Å². The van der Waals surface area contributed by atoms with Crippen LogP contribution in [-0.2, 0) is 16.0 Å². The lowest BCUT2D eigenvalue weighted by Gasteiger charge is -2.22. The molecule has 1 aliphatic heterocycles. The van der Waals surface area contributed by atoms with E-state index in [4.69, 9.17) is 4.74 Å². The van der Waals surface area contributed by atoms with Gasteiger partial charge in [-0.25, -0.2) is 4.98 Å². The van der Waals surface area contributed by atoms with Gasteiger partial charge in [-0.05, 0) is 37.5 Å². The molecule has 1 fully saturated rings. The van der Waals surface area contributed by atoms with Crippen LogP contribution in [-0.4, -0.2) is 48.2 Å². The molecule has 3 N–H and O–H groups in total. The van der Waals surface area contributed by atoms with Crippen molar-refractivity contribution >= 4 is 16.9 Å². The van der Waals surface area contributed by atoms with E-state index in [-0.39, 0.29) is 12.0 Å². The predicted octanol–water partition coefficient (Wildman–Crippen LogP) is 1.22. The second kappa shape index (κ2) is 7.10. The zero-order chi connectivity index (χ0) is 16.2. The molecule has 0 aliphatic carbocycles. The molecule has 0 saturated carbocycles. The Morgan fingerprint density at radius 2 is 2.30 bits per heavy atom. The van der Waals surface area contributed by atoms with Crippen LogP contribution in [0.15, 0.2) is 12.1 Å². The van der Waals surface area contributed by atoms with Crippen molar-refractivity contribution in [1.82, 2.24) is 20.6 Å². The molecule has 0 bridgehead atoms. The first-order chi connectivity index (χ1) is 11.1. The number of imidazole rings is 1. The Kier molecular flexibility index (Phi) is 4.93. The number of hydrogen-bond acceptors (Lipinski definition) is 4. The molecule has 124 valence electrons. The minimum absolute atomic E-state index is 0.0340. The first-order valence-electron chi connectivity index (χ1n) is 8.20. The number of H-pyrrole nitrogens is 1. The van der Waals surface area contributed by atoms with Crippen LogP contribution >= 0.6 is 0 Å². The summed E-state index contributed by atoms with van der Waals surface area (Å²) in [5, 5.41) is 6.09. The molecule has 6 nitrogen and oxygen atoms in total. The molecule has 1 atom stereocenters. The third-order valence-electron chi connectivity index (χ3n) is 4.34. The van der Waals surface area contributed by atoms with Crippen molar-refractivity contribution in [2.24, 2.45) is 0 Å². The van der Waals surface area contributed by atoms with Crippen molar-refractivity contribution < 1.29 is 9.53 Å². The summed E-state index contributed by atoms with van der Waals surface area (Å²) in [6, 6.07) is 4.18. The van der Waals surface area contributed by atoms with Crippen molar-refractivity contribution in [2.75, 3.05) is 26.2 Å². The zero-order valence-corrected chi connectivity index (χ0v) is 13.7. The number of ether oxygens (including phenoxy) is 1. The van der Waals surface area contributed by atoms with Gasteiger partial charge in [0.1, 0.15) is 11.9 Å². The SMILES string of the molecule is Cc1ccc2[nH]c(CCCNC(=O)C3CNCCO3)nc2c1C. The van der Waals surface area contributed by atoms with E-state index in [2.05, 4.69) is 46.6 Å². The van der Waals surface area contributed by atoms with Gasteiger partial charge in [-0.2, -0.15) is 0 Å². The van der Waals surface area contributed by atoms with E-state index in [1.54, 1.807) is 0 Å². The van der Waals surface area contributed by atoms with E-state index >= 15 is 0 Å². The Balaban J connectivity index is 1.49. The van der Waals surface area contributed by atoms with Crippen LogP contribution in [0.1, 0.15) is 23.4 Å². The third kappa shape index (κ3) is 3.71. The zero-order valence-electron chi connectivity index (χ0n) is 13.7. The number of rotatable bonds is 5. The average molecular weight is 316 g/mol. The molecular formula is C17H24N4O2. The van der Waals surface area contributed by atoms with Crippen LogP contribution in [0.5, 0.6) is 0 Å². The van der Waals surface area contributed by atoms with Gasteiger partial charge in [0.25, 0.3) is 0 Å². The third-order valence-corrected chi connectivity index (χ3v) is 4.34. The minimum Gasteiger partial charge on any atom is -0.366 e. The lowest BCUT2D eigenvalue weighted by molar-refractivity contribution is -0.134. The summed E-state index contributed by atoms with van der Waals surface area (Å²) in [5.74, 6) is 0.937. The fourth-order valence-corrected chi connectivity index (χ4v) is 2.80. The second-order valence-corrected chi connectivity index (χ2v) is 6.05. The fraction of sp³-hybridized carbons (Fsp3) is 0.529. The molecule has 1 saturated heterocycles. The predicted molar refractivity (Wildman–Crippen MR) is 89.5 cm³/mol. The molecular weight excluding hydrogens is 292 g/mol. The number of nitrogens with zero attached hydrogens (tertiary/aromatic N) is 1. The summed E-state index contributed by atoms with van der Waals surface area (Å²) >= 11 is 0. The number of nitrogens with one attached hydrogen (secondary N) is 3. The van der Waals surface area contributed by atoms with Gasteiger partial charge in [-0.15, -0.1) is 0 Å². The molecule has 3 rings (SSSR count). The number of carbonyl (C=O) groups excluding carboxylic acids is 1. The molecule has 1 aromatic carbocycles. The standard InChI is InChI=1S/C17H24N4O2/c1-11-5-6-13-16(12(11)2)21-15(20-13)4-3-7-19-17(22)14-10-18-8-9-23-14/h5-6,14,18H,3-4,7-10H2,1-2H3,(H,19,22)(H,20,21). The Morgan fingerprint density at radius 1 is 1.43 bits per heavy atom. The highest BCUT2D eigenvalue weighted by Crippen LogP contribution is 2.19. The second-order valence-electron chi connectivity index (χ2n) is 6.05. The Bertz CT molecular complexity index is 689. The van der Waals surface area contributed by atoms with E-state index in [0.29, 0.717) is 19.7 Å². The maximum atomic E-state index is 11.9. The number of carbonyl (C=O) groups is 1. The quantitative estimate of drug-likeness (QED) is 0.725. The summed E-state index contributed by atoms with van der Waals surface area (Å²) in [4.78, 5) is 20.0. The van der Waals surface area contributed by atoms with E-state index in [9.17, 15) is 4.79 Å². The van der Waals surface area contributed by atoms with Gasteiger partial charge in [0.15, 0.2) is 0 Å². The first-order valence-corrected chi connectivity index (χ1v) is 8.20.